The molecule has 0 aliphatic heterocycles. The van der Waals surface area contributed by atoms with Crippen LogP contribution in [0.3, 0.4) is 0 Å². The Hall–Kier alpha value is -1.42. The first-order valence-corrected chi connectivity index (χ1v) is 6.83. The lowest BCUT2D eigenvalue weighted by Crippen LogP contribution is -2.50. The molecule has 0 aliphatic carbocycles. The van der Waals surface area contributed by atoms with Gasteiger partial charge in [-0.05, 0) is 23.1 Å². The molecule has 1 aromatic carbocycles. The fourth-order valence-electron chi connectivity index (χ4n) is 1.82. The first kappa shape index (κ1) is 16.6. The smallest absolute Gasteiger partial charge is 0.237 e. The molecule has 0 radical (unpaired) electrons. The van der Waals surface area contributed by atoms with Crippen LogP contribution in [0.25, 0.3) is 0 Å². The maximum atomic E-state index is 13.3. The molecule has 0 unspecified atom stereocenters. The highest BCUT2D eigenvalue weighted by atomic mass is 19.1. The Bertz CT molecular complexity index is 478. The molecule has 1 rings (SSSR count). The number of nitrogens with one attached hydrogen (secondary N) is 1. The Labute approximate surface area is 120 Å². The van der Waals surface area contributed by atoms with Crippen LogP contribution in [0.5, 0.6) is 0 Å². The van der Waals surface area contributed by atoms with Gasteiger partial charge >= 0.3 is 0 Å². The van der Waals surface area contributed by atoms with Gasteiger partial charge in [0.1, 0.15) is 5.82 Å². The van der Waals surface area contributed by atoms with E-state index in [2.05, 4.69) is 5.32 Å². The van der Waals surface area contributed by atoms with Crippen molar-refractivity contribution in [1.29, 1.82) is 0 Å². The lowest BCUT2D eigenvalue weighted by Gasteiger charge is -2.30. The summed E-state index contributed by atoms with van der Waals surface area (Å²) in [5.74, 6) is -0.449. The molecule has 1 atom stereocenters. The van der Waals surface area contributed by atoms with Crippen LogP contribution in [0.2, 0.25) is 0 Å². The second kappa shape index (κ2) is 5.92. The van der Waals surface area contributed by atoms with E-state index in [4.69, 9.17) is 5.73 Å². The summed E-state index contributed by atoms with van der Waals surface area (Å²) >= 11 is 0. The maximum Gasteiger partial charge on any atom is 0.237 e. The molecule has 0 spiro atoms. The van der Waals surface area contributed by atoms with Crippen LogP contribution in [-0.2, 0) is 10.2 Å². The van der Waals surface area contributed by atoms with E-state index in [9.17, 15) is 9.18 Å². The summed E-state index contributed by atoms with van der Waals surface area (Å²) in [4.78, 5) is 12.0. The molecule has 0 aromatic heterocycles. The molecule has 4 heteroatoms. The molecule has 0 heterocycles. The Morgan fingerprint density at radius 2 is 1.90 bits per heavy atom. The van der Waals surface area contributed by atoms with Crippen molar-refractivity contribution in [3.8, 4) is 0 Å². The quantitative estimate of drug-likeness (QED) is 0.890. The van der Waals surface area contributed by atoms with Crippen molar-refractivity contribution in [3.05, 3.63) is 35.6 Å². The zero-order chi connectivity index (χ0) is 15.6. The van der Waals surface area contributed by atoms with Crippen LogP contribution in [-0.4, -0.2) is 18.5 Å². The first-order valence-electron chi connectivity index (χ1n) is 6.83. The number of benzene rings is 1. The molecule has 0 fully saturated rings. The number of amides is 1. The van der Waals surface area contributed by atoms with Gasteiger partial charge in [0.05, 0.1) is 6.04 Å². The Balaban J connectivity index is 2.71. The largest absolute Gasteiger partial charge is 0.354 e. The van der Waals surface area contributed by atoms with E-state index in [-0.39, 0.29) is 22.6 Å². The standard InChI is InChI=1S/C16H25FN2O/c1-15(2,3)13(18)14(20)19-10-16(4,5)11-7-6-8-12(17)9-11/h6-9,13H,10,18H2,1-5H3,(H,19,20)/t13-/m1/s1. The number of hydrogen-bond acceptors (Lipinski definition) is 2. The minimum atomic E-state index is -0.564. The molecule has 3 nitrogen and oxygen atoms in total. The van der Waals surface area contributed by atoms with Crippen molar-refractivity contribution < 1.29 is 9.18 Å². The third-order valence-corrected chi connectivity index (χ3v) is 3.53. The molecule has 112 valence electrons. The Kier molecular flexibility index (Phi) is 4.92. The minimum Gasteiger partial charge on any atom is -0.354 e. The van der Waals surface area contributed by atoms with E-state index in [0.29, 0.717) is 6.54 Å². The molecular formula is C16H25FN2O. The number of carbonyl (C=O) groups excluding carboxylic acids is 1. The second-order valence-corrected chi connectivity index (χ2v) is 6.96. The Morgan fingerprint density at radius 3 is 2.40 bits per heavy atom. The molecule has 0 saturated heterocycles. The highest BCUT2D eigenvalue weighted by Gasteiger charge is 2.29. The van der Waals surface area contributed by atoms with E-state index < -0.39 is 6.04 Å². The van der Waals surface area contributed by atoms with Crippen LogP contribution < -0.4 is 11.1 Å². The highest BCUT2D eigenvalue weighted by molar-refractivity contribution is 5.82. The minimum absolute atomic E-state index is 0.179. The van der Waals surface area contributed by atoms with Gasteiger partial charge in [-0.3, -0.25) is 4.79 Å². The van der Waals surface area contributed by atoms with Crippen LogP contribution in [0.15, 0.2) is 24.3 Å². The fraction of sp³-hybridized carbons (Fsp3) is 0.562. The lowest BCUT2D eigenvalue weighted by molar-refractivity contribution is -0.124. The summed E-state index contributed by atoms with van der Waals surface area (Å²) < 4.78 is 13.3. The van der Waals surface area contributed by atoms with Crippen LogP contribution >= 0.6 is 0 Å². The van der Waals surface area contributed by atoms with Crippen molar-refractivity contribution in [1.82, 2.24) is 5.32 Å². The SMILES string of the molecule is CC(C)(CNC(=O)[C@@H](N)C(C)(C)C)c1cccc(F)c1. The molecule has 0 saturated carbocycles. The molecule has 3 N–H and O–H groups in total. The van der Waals surface area contributed by atoms with Crippen molar-refractivity contribution in [2.75, 3.05) is 6.54 Å². The van der Waals surface area contributed by atoms with Gasteiger partial charge in [0.2, 0.25) is 5.91 Å². The van der Waals surface area contributed by atoms with Crippen molar-refractivity contribution in [2.24, 2.45) is 11.1 Å². The summed E-state index contributed by atoms with van der Waals surface area (Å²) in [5.41, 5.74) is 6.13. The van der Waals surface area contributed by atoms with Gasteiger partial charge in [-0.25, -0.2) is 4.39 Å². The third-order valence-electron chi connectivity index (χ3n) is 3.53. The molecule has 1 aromatic rings. The molecular weight excluding hydrogens is 255 g/mol. The molecule has 0 bridgehead atoms. The highest BCUT2D eigenvalue weighted by Crippen LogP contribution is 2.23. The van der Waals surface area contributed by atoms with Crippen LogP contribution in [0.4, 0.5) is 4.39 Å². The normalized spacial score (nSPS) is 13.9. The third kappa shape index (κ3) is 4.30. The fourth-order valence-corrected chi connectivity index (χ4v) is 1.82. The average molecular weight is 280 g/mol. The van der Waals surface area contributed by atoms with Gasteiger partial charge in [-0.2, -0.15) is 0 Å². The predicted octanol–water partition coefficient (Wildman–Crippen LogP) is 2.59. The summed E-state index contributed by atoms with van der Waals surface area (Å²) in [6.07, 6.45) is 0. The van der Waals surface area contributed by atoms with Crippen molar-refractivity contribution in [3.63, 3.8) is 0 Å². The molecule has 0 aliphatic rings. The number of nitrogens with two attached hydrogens (primary N) is 1. The lowest BCUT2D eigenvalue weighted by atomic mass is 9.83. The van der Waals surface area contributed by atoms with Gasteiger partial charge < -0.3 is 11.1 Å². The second-order valence-electron chi connectivity index (χ2n) is 6.96. The van der Waals surface area contributed by atoms with Crippen LogP contribution in [0.1, 0.15) is 40.2 Å². The number of hydrogen-bond donors (Lipinski definition) is 2. The van der Waals surface area contributed by atoms with Gasteiger partial charge in [0, 0.05) is 12.0 Å². The van der Waals surface area contributed by atoms with E-state index in [1.54, 1.807) is 6.07 Å². The van der Waals surface area contributed by atoms with E-state index in [1.807, 2.05) is 40.7 Å². The predicted molar refractivity (Wildman–Crippen MR) is 79.9 cm³/mol. The molecule has 20 heavy (non-hydrogen) atoms. The zero-order valence-electron chi connectivity index (χ0n) is 13.0. The number of rotatable bonds is 4. The topological polar surface area (TPSA) is 55.1 Å². The van der Waals surface area contributed by atoms with Gasteiger partial charge in [-0.15, -0.1) is 0 Å². The van der Waals surface area contributed by atoms with Crippen molar-refractivity contribution in [2.45, 2.75) is 46.1 Å². The summed E-state index contributed by atoms with van der Waals surface area (Å²) in [6, 6.07) is 5.88. The van der Waals surface area contributed by atoms with Gasteiger partial charge in [0.15, 0.2) is 0 Å². The molecule has 1 amide bonds. The van der Waals surface area contributed by atoms with E-state index in [1.165, 1.54) is 12.1 Å². The summed E-state index contributed by atoms with van der Waals surface area (Å²) in [5, 5.41) is 2.86. The zero-order valence-corrected chi connectivity index (χ0v) is 13.0. The van der Waals surface area contributed by atoms with E-state index in [0.717, 1.165) is 5.56 Å². The van der Waals surface area contributed by atoms with Gasteiger partial charge in [0.25, 0.3) is 0 Å². The van der Waals surface area contributed by atoms with Crippen LogP contribution in [0, 0.1) is 11.2 Å². The number of halogens is 1. The van der Waals surface area contributed by atoms with Crippen molar-refractivity contribution >= 4 is 5.91 Å². The summed E-state index contributed by atoms with van der Waals surface area (Å²) in [6.45, 7) is 10.1. The average Bonchev–Trinajstić information content (AvgIpc) is 2.34. The maximum absolute atomic E-state index is 13.3. The number of carbonyl (C=O) groups is 1. The summed E-state index contributed by atoms with van der Waals surface area (Å²) in [7, 11) is 0. The first-order chi connectivity index (χ1) is 9.04. The van der Waals surface area contributed by atoms with E-state index >= 15 is 0 Å². The Morgan fingerprint density at radius 1 is 1.30 bits per heavy atom. The van der Waals surface area contributed by atoms with Gasteiger partial charge in [-0.1, -0.05) is 46.8 Å². The monoisotopic (exact) mass is 280 g/mol.